The van der Waals surface area contributed by atoms with Crippen LogP contribution in [0.3, 0.4) is 0 Å². The number of rotatable bonds is 6. The maximum absolute atomic E-state index is 4.58. The summed E-state index contributed by atoms with van der Waals surface area (Å²) in [4.78, 5) is 9.96. The van der Waals surface area contributed by atoms with Crippen molar-refractivity contribution >= 4 is 29.1 Å². The van der Waals surface area contributed by atoms with Gasteiger partial charge in [0.1, 0.15) is 0 Å². The Bertz CT molecular complexity index is 643. The Morgan fingerprint density at radius 1 is 1.13 bits per heavy atom. The lowest BCUT2D eigenvalue weighted by Crippen LogP contribution is -2.60. The highest BCUT2D eigenvalue weighted by molar-refractivity contribution is 7.99. The average Bonchev–Trinajstić information content (AvgIpc) is 3.32. The molecule has 0 amide bonds. The molecule has 0 radical (unpaired) electrons. The summed E-state index contributed by atoms with van der Waals surface area (Å²) in [6, 6.07) is 2.78. The molecule has 0 bridgehead atoms. The fraction of sp³-hybridized carbons (Fsp3) is 0.783. The fourth-order valence-corrected chi connectivity index (χ4v) is 6.93. The topological polar surface area (TPSA) is 42.9 Å². The molecule has 1 aromatic heterocycles. The summed E-state index contributed by atoms with van der Waals surface area (Å²) in [5.74, 6) is 3.58. The minimum Gasteiger partial charge on any atom is -0.355 e. The van der Waals surface area contributed by atoms with Gasteiger partial charge in [-0.2, -0.15) is 23.1 Å². The van der Waals surface area contributed by atoms with Gasteiger partial charge in [-0.15, -0.1) is 0 Å². The van der Waals surface area contributed by atoms with Crippen LogP contribution in [0.4, 0.5) is 0 Å². The Morgan fingerprint density at radius 3 is 2.57 bits per heavy atom. The van der Waals surface area contributed by atoms with E-state index in [1.165, 1.54) is 88.2 Å². The maximum atomic E-state index is 4.58. The standard InChI is InChI=1S/C23H39N5S2/c1-24-22(26-21-5-10-27(11-6-21)17-20-7-14-30-18-20)25-19-23(8-3-2-4-9-23)28-12-15-29-16-13-28/h7,14,18,21H,2-6,8-13,15-17,19H2,1H3,(H2,24,25,26). The van der Waals surface area contributed by atoms with E-state index in [2.05, 4.69) is 54.0 Å². The number of thioether (sulfide) groups is 1. The first-order chi connectivity index (χ1) is 14.8. The van der Waals surface area contributed by atoms with E-state index in [4.69, 9.17) is 0 Å². The molecular weight excluding hydrogens is 410 g/mol. The lowest BCUT2D eigenvalue weighted by molar-refractivity contribution is 0.0625. The van der Waals surface area contributed by atoms with Crippen LogP contribution in [0.2, 0.25) is 0 Å². The van der Waals surface area contributed by atoms with E-state index in [1.54, 1.807) is 11.3 Å². The molecular formula is C23H39N5S2. The lowest BCUT2D eigenvalue weighted by Gasteiger charge is -2.48. The van der Waals surface area contributed by atoms with Crippen LogP contribution in [0.15, 0.2) is 21.8 Å². The number of likely N-dealkylation sites (tertiary alicyclic amines) is 1. The van der Waals surface area contributed by atoms with Crippen LogP contribution in [-0.2, 0) is 6.54 Å². The maximum Gasteiger partial charge on any atom is 0.191 e. The van der Waals surface area contributed by atoms with E-state index >= 15 is 0 Å². The number of guanidine groups is 1. The second-order valence-electron chi connectivity index (χ2n) is 9.14. The molecule has 0 spiro atoms. The predicted octanol–water partition coefficient (Wildman–Crippen LogP) is 3.63. The molecule has 3 heterocycles. The zero-order chi connectivity index (χ0) is 20.7. The van der Waals surface area contributed by atoms with Crippen molar-refractivity contribution in [3.05, 3.63) is 22.4 Å². The molecule has 0 atom stereocenters. The van der Waals surface area contributed by atoms with E-state index in [0.29, 0.717) is 11.6 Å². The second kappa shape index (κ2) is 11.2. The van der Waals surface area contributed by atoms with E-state index in [0.717, 1.165) is 19.0 Å². The smallest absolute Gasteiger partial charge is 0.191 e. The third kappa shape index (κ3) is 5.93. The van der Waals surface area contributed by atoms with Gasteiger partial charge in [0.05, 0.1) is 0 Å². The molecule has 1 aliphatic carbocycles. The number of thiophene rings is 1. The molecule has 4 rings (SSSR count). The Hall–Kier alpha value is -0.760. The lowest BCUT2D eigenvalue weighted by atomic mass is 9.80. The highest BCUT2D eigenvalue weighted by atomic mass is 32.2. The largest absolute Gasteiger partial charge is 0.355 e. The van der Waals surface area contributed by atoms with E-state index in [9.17, 15) is 0 Å². The van der Waals surface area contributed by atoms with Crippen LogP contribution in [0, 0.1) is 0 Å². The number of nitrogens with zero attached hydrogens (tertiary/aromatic N) is 3. The first kappa shape index (κ1) is 22.4. The Labute approximate surface area is 191 Å². The summed E-state index contributed by atoms with van der Waals surface area (Å²) < 4.78 is 0. The zero-order valence-corrected chi connectivity index (χ0v) is 20.2. The fourth-order valence-electron chi connectivity index (χ4n) is 5.36. The summed E-state index contributed by atoms with van der Waals surface area (Å²) >= 11 is 3.91. The van der Waals surface area contributed by atoms with Crippen molar-refractivity contribution in [2.45, 2.75) is 63.1 Å². The molecule has 1 aromatic rings. The van der Waals surface area contributed by atoms with Gasteiger partial charge >= 0.3 is 0 Å². The third-order valence-electron chi connectivity index (χ3n) is 7.19. The molecule has 30 heavy (non-hydrogen) atoms. The van der Waals surface area contributed by atoms with Crippen molar-refractivity contribution in [1.82, 2.24) is 20.4 Å². The minimum atomic E-state index is 0.334. The molecule has 1 saturated carbocycles. The van der Waals surface area contributed by atoms with E-state index in [1.807, 2.05) is 7.05 Å². The van der Waals surface area contributed by atoms with Gasteiger partial charge in [0.25, 0.3) is 0 Å². The summed E-state index contributed by atoms with van der Waals surface area (Å²) in [6.07, 6.45) is 9.21. The molecule has 7 heteroatoms. The quantitative estimate of drug-likeness (QED) is 0.513. The van der Waals surface area contributed by atoms with Crippen molar-refractivity contribution in [1.29, 1.82) is 0 Å². The van der Waals surface area contributed by atoms with Crippen molar-refractivity contribution in [3.8, 4) is 0 Å². The molecule has 0 aromatic carbocycles. The van der Waals surface area contributed by atoms with Gasteiger partial charge in [-0.1, -0.05) is 19.3 Å². The van der Waals surface area contributed by atoms with E-state index in [-0.39, 0.29) is 0 Å². The summed E-state index contributed by atoms with van der Waals surface area (Å²) in [7, 11) is 1.92. The summed E-state index contributed by atoms with van der Waals surface area (Å²) in [5.41, 5.74) is 1.79. The zero-order valence-electron chi connectivity index (χ0n) is 18.6. The van der Waals surface area contributed by atoms with Gasteiger partial charge in [0, 0.05) is 69.4 Å². The van der Waals surface area contributed by atoms with Crippen LogP contribution < -0.4 is 10.6 Å². The number of hydrogen-bond donors (Lipinski definition) is 2. The van der Waals surface area contributed by atoms with Crippen molar-refractivity contribution < 1.29 is 0 Å². The van der Waals surface area contributed by atoms with Crippen LogP contribution in [0.25, 0.3) is 0 Å². The predicted molar refractivity (Wildman–Crippen MR) is 132 cm³/mol. The summed E-state index contributed by atoms with van der Waals surface area (Å²) in [6.45, 7) is 6.97. The molecule has 3 aliphatic rings. The Balaban J connectivity index is 1.26. The Kier molecular flexibility index (Phi) is 8.38. The normalized spacial score (nSPS) is 24.6. The Morgan fingerprint density at radius 2 is 1.90 bits per heavy atom. The monoisotopic (exact) mass is 449 g/mol. The van der Waals surface area contributed by atoms with Crippen molar-refractivity contribution in [2.24, 2.45) is 4.99 Å². The molecule has 2 saturated heterocycles. The molecule has 2 aliphatic heterocycles. The molecule has 2 N–H and O–H groups in total. The van der Waals surface area contributed by atoms with Gasteiger partial charge in [0.2, 0.25) is 0 Å². The van der Waals surface area contributed by atoms with Crippen LogP contribution in [0.1, 0.15) is 50.5 Å². The third-order valence-corrected chi connectivity index (χ3v) is 8.86. The van der Waals surface area contributed by atoms with Crippen LogP contribution >= 0.6 is 23.1 Å². The number of piperidine rings is 1. The number of hydrogen-bond acceptors (Lipinski definition) is 5. The van der Waals surface area contributed by atoms with Crippen LogP contribution in [0.5, 0.6) is 0 Å². The highest BCUT2D eigenvalue weighted by Gasteiger charge is 2.38. The highest BCUT2D eigenvalue weighted by Crippen LogP contribution is 2.34. The summed E-state index contributed by atoms with van der Waals surface area (Å²) in [5, 5.41) is 11.9. The van der Waals surface area contributed by atoms with Crippen molar-refractivity contribution in [2.75, 3.05) is 51.3 Å². The SMILES string of the molecule is CN=C(NCC1(N2CCSCC2)CCCCC1)NC1CCN(Cc2ccsc2)CC1. The molecule has 3 fully saturated rings. The molecule has 168 valence electrons. The van der Waals surface area contributed by atoms with Gasteiger partial charge in [-0.3, -0.25) is 14.8 Å². The van der Waals surface area contributed by atoms with Gasteiger partial charge in [0.15, 0.2) is 5.96 Å². The van der Waals surface area contributed by atoms with Gasteiger partial charge < -0.3 is 10.6 Å². The first-order valence-corrected chi connectivity index (χ1v) is 13.9. The number of aliphatic imine (C=N–C) groups is 1. The average molecular weight is 450 g/mol. The van der Waals surface area contributed by atoms with Gasteiger partial charge in [-0.25, -0.2) is 0 Å². The van der Waals surface area contributed by atoms with Gasteiger partial charge in [-0.05, 0) is 48.1 Å². The first-order valence-electron chi connectivity index (χ1n) is 11.8. The van der Waals surface area contributed by atoms with Crippen molar-refractivity contribution in [3.63, 3.8) is 0 Å². The molecule has 5 nitrogen and oxygen atoms in total. The minimum absolute atomic E-state index is 0.334. The van der Waals surface area contributed by atoms with Crippen LogP contribution in [-0.4, -0.2) is 78.6 Å². The second-order valence-corrected chi connectivity index (χ2v) is 11.1. The molecule has 0 unspecified atom stereocenters. The van der Waals surface area contributed by atoms with E-state index < -0.39 is 0 Å². The number of nitrogens with one attached hydrogen (secondary N) is 2.